The number of pyridine rings is 1. The van der Waals surface area contributed by atoms with E-state index in [-0.39, 0.29) is 18.0 Å². The van der Waals surface area contributed by atoms with Gasteiger partial charge in [-0.05, 0) is 51.7 Å². The average molecular weight is 416 g/mol. The molecule has 1 spiro atoms. The van der Waals surface area contributed by atoms with Crippen LogP contribution in [0.4, 0.5) is 5.69 Å². The molecule has 7 nitrogen and oxygen atoms in total. The van der Waals surface area contributed by atoms with Crippen LogP contribution in [0.25, 0.3) is 0 Å². The van der Waals surface area contributed by atoms with Gasteiger partial charge in [0.1, 0.15) is 0 Å². The third-order valence-electron chi connectivity index (χ3n) is 6.57. The van der Waals surface area contributed by atoms with E-state index in [1.165, 1.54) is 5.69 Å². The number of ether oxygens (including phenoxy) is 1. The highest BCUT2D eigenvalue weighted by Crippen LogP contribution is 2.55. The lowest BCUT2D eigenvalue weighted by Gasteiger charge is -2.29. The van der Waals surface area contributed by atoms with Gasteiger partial charge in [0.15, 0.2) is 0 Å². The minimum Gasteiger partial charge on any atom is -0.483 e. The number of allylic oxidation sites excluding steroid dienone is 2. The minimum atomic E-state index is -0.250. The summed E-state index contributed by atoms with van der Waals surface area (Å²) in [6.07, 6.45) is 11.2. The van der Waals surface area contributed by atoms with E-state index in [0.717, 1.165) is 51.0 Å². The lowest BCUT2D eigenvalue weighted by atomic mass is 9.73. The fourth-order valence-corrected chi connectivity index (χ4v) is 5.25. The Kier molecular flexibility index (Phi) is 7.48. The van der Waals surface area contributed by atoms with Crippen molar-refractivity contribution >= 4 is 18.1 Å². The molecule has 0 aromatic carbocycles. The molecule has 2 N–H and O–H groups in total. The number of rotatable bonds is 7. The van der Waals surface area contributed by atoms with Crippen LogP contribution < -0.4 is 10.2 Å². The van der Waals surface area contributed by atoms with Gasteiger partial charge in [-0.3, -0.25) is 14.6 Å². The first-order valence-corrected chi connectivity index (χ1v) is 10.8. The Bertz CT molecular complexity index is 769. The number of carbonyl (C=O) groups excluding carboxylic acids is 1. The molecule has 164 valence electrons. The summed E-state index contributed by atoms with van der Waals surface area (Å²) in [6, 6.07) is 4.25. The Morgan fingerprint density at radius 3 is 3.03 bits per heavy atom. The topological polar surface area (TPSA) is 91.8 Å². The molecule has 3 aliphatic rings. The number of amides is 1. The molecule has 1 amide bonds. The predicted octanol–water partition coefficient (Wildman–Crippen LogP) is 2.94. The van der Waals surface area contributed by atoms with Crippen LogP contribution in [-0.4, -0.2) is 53.8 Å². The van der Waals surface area contributed by atoms with Gasteiger partial charge in [0.2, 0.25) is 5.91 Å². The van der Waals surface area contributed by atoms with E-state index in [4.69, 9.17) is 14.6 Å². The normalized spacial score (nSPS) is 28.9. The van der Waals surface area contributed by atoms with E-state index in [0.29, 0.717) is 24.4 Å². The Morgan fingerprint density at radius 1 is 1.50 bits per heavy atom. The van der Waals surface area contributed by atoms with Crippen LogP contribution >= 0.6 is 0 Å². The third kappa shape index (κ3) is 4.83. The van der Waals surface area contributed by atoms with Crippen molar-refractivity contribution in [2.75, 3.05) is 24.5 Å². The fraction of sp³-hybridized carbons (Fsp3) is 0.609. The number of aryl methyl sites for hydroxylation is 1. The van der Waals surface area contributed by atoms with Gasteiger partial charge in [0, 0.05) is 55.5 Å². The van der Waals surface area contributed by atoms with Gasteiger partial charge in [-0.15, -0.1) is 0 Å². The van der Waals surface area contributed by atoms with Crippen LogP contribution in [0.15, 0.2) is 30.5 Å². The quantitative estimate of drug-likeness (QED) is 0.404. The number of nitrogens with zero attached hydrogens (tertiary/aromatic N) is 2. The summed E-state index contributed by atoms with van der Waals surface area (Å²) < 4.78 is 6.51. The van der Waals surface area contributed by atoms with Crippen molar-refractivity contribution in [3.05, 3.63) is 36.2 Å². The van der Waals surface area contributed by atoms with Crippen LogP contribution in [-0.2, 0) is 14.3 Å². The molecule has 3 fully saturated rings. The lowest BCUT2D eigenvalue weighted by Crippen LogP contribution is -2.41. The minimum absolute atomic E-state index is 0.0108. The number of anilines is 1. The van der Waals surface area contributed by atoms with Crippen molar-refractivity contribution in [3.63, 3.8) is 0 Å². The molecule has 4 atom stereocenters. The standard InChI is InChI=1S/C22H31N3O2.CH2O2/c1-3-4-5-6-7-21(26)24-13-18-19-14-25(17-9-11-23-16(2)12-17)15-22(19)10-8-20(18)27-22;2-1-3/h3-4,9,11-12,18-20H,5-8,10,13-15H2,1-2H3,(H,24,26);1H,(H,2,3)/b4-3+;/t18-,19+,20+,22+;/m0./s1. The lowest BCUT2D eigenvalue weighted by molar-refractivity contribution is -0.123. The second-order valence-electron chi connectivity index (χ2n) is 8.44. The maximum Gasteiger partial charge on any atom is 0.290 e. The molecule has 4 rings (SSSR count). The van der Waals surface area contributed by atoms with E-state index >= 15 is 0 Å². The van der Waals surface area contributed by atoms with Gasteiger partial charge in [0.05, 0.1) is 11.7 Å². The second kappa shape index (κ2) is 10.1. The molecular formula is C23H33N3O4. The summed E-state index contributed by atoms with van der Waals surface area (Å²) in [7, 11) is 0. The Hall–Kier alpha value is -2.41. The smallest absolute Gasteiger partial charge is 0.290 e. The SMILES string of the molecule is C/C=C/CCCC(=O)NC[C@H]1[C@H]2CN(c3ccnc(C)c3)C[C@]23CC[C@H]1O3.O=CO. The van der Waals surface area contributed by atoms with Gasteiger partial charge in [-0.2, -0.15) is 0 Å². The van der Waals surface area contributed by atoms with Crippen LogP contribution in [0.1, 0.15) is 44.7 Å². The number of carboxylic acid groups (broad SMARTS) is 1. The van der Waals surface area contributed by atoms with Gasteiger partial charge in [-0.25, -0.2) is 0 Å². The van der Waals surface area contributed by atoms with Crippen LogP contribution in [0, 0.1) is 18.8 Å². The molecule has 3 saturated heterocycles. The van der Waals surface area contributed by atoms with Gasteiger partial charge in [0.25, 0.3) is 6.47 Å². The monoisotopic (exact) mass is 415 g/mol. The molecule has 4 heterocycles. The van der Waals surface area contributed by atoms with Crippen LogP contribution in [0.3, 0.4) is 0 Å². The number of aromatic nitrogens is 1. The number of nitrogens with one attached hydrogen (secondary N) is 1. The largest absolute Gasteiger partial charge is 0.483 e. The van der Waals surface area contributed by atoms with E-state index in [1.807, 2.05) is 26.1 Å². The molecule has 0 saturated carbocycles. The van der Waals surface area contributed by atoms with Crippen molar-refractivity contribution in [2.45, 2.75) is 57.7 Å². The zero-order chi connectivity index (χ0) is 21.6. The van der Waals surface area contributed by atoms with E-state index in [9.17, 15) is 4.79 Å². The van der Waals surface area contributed by atoms with Gasteiger partial charge in [-0.1, -0.05) is 12.2 Å². The summed E-state index contributed by atoms with van der Waals surface area (Å²) >= 11 is 0. The van der Waals surface area contributed by atoms with Crippen molar-refractivity contribution in [1.29, 1.82) is 0 Å². The van der Waals surface area contributed by atoms with Gasteiger partial charge < -0.3 is 20.1 Å². The van der Waals surface area contributed by atoms with Crippen molar-refractivity contribution in [1.82, 2.24) is 10.3 Å². The molecular weight excluding hydrogens is 382 g/mol. The zero-order valence-electron chi connectivity index (χ0n) is 17.9. The average Bonchev–Trinajstić information content (AvgIpc) is 3.39. The Morgan fingerprint density at radius 2 is 2.30 bits per heavy atom. The number of fused-ring (bicyclic) bond motifs is 1. The van der Waals surface area contributed by atoms with Crippen molar-refractivity contribution in [2.24, 2.45) is 11.8 Å². The molecule has 7 heteroatoms. The second-order valence-corrected chi connectivity index (χ2v) is 8.44. The van der Waals surface area contributed by atoms with Crippen molar-refractivity contribution in [3.8, 4) is 0 Å². The fourth-order valence-electron chi connectivity index (χ4n) is 5.25. The summed E-state index contributed by atoms with van der Waals surface area (Å²) in [5, 5.41) is 10.1. The highest BCUT2D eigenvalue weighted by atomic mass is 16.5. The Balaban J connectivity index is 0.000000806. The van der Waals surface area contributed by atoms with E-state index < -0.39 is 0 Å². The van der Waals surface area contributed by atoms with Crippen molar-refractivity contribution < 1.29 is 19.4 Å². The number of hydrogen-bond acceptors (Lipinski definition) is 5. The zero-order valence-corrected chi connectivity index (χ0v) is 17.9. The number of carbonyl (C=O) groups is 2. The molecule has 1 aromatic heterocycles. The predicted molar refractivity (Wildman–Crippen MR) is 115 cm³/mol. The number of hydrogen-bond donors (Lipinski definition) is 2. The summed E-state index contributed by atoms with van der Waals surface area (Å²) in [6.45, 7) is 6.54. The van der Waals surface area contributed by atoms with E-state index in [1.54, 1.807) is 0 Å². The molecule has 2 bridgehead atoms. The first-order valence-electron chi connectivity index (χ1n) is 10.8. The van der Waals surface area contributed by atoms with E-state index in [2.05, 4.69) is 33.4 Å². The molecule has 0 aliphatic carbocycles. The molecule has 1 aromatic rings. The summed E-state index contributed by atoms with van der Waals surface area (Å²) in [5.41, 5.74) is 2.28. The number of unbranched alkanes of at least 4 members (excludes halogenated alkanes) is 1. The maximum absolute atomic E-state index is 12.2. The van der Waals surface area contributed by atoms with Gasteiger partial charge >= 0.3 is 0 Å². The maximum atomic E-state index is 12.2. The summed E-state index contributed by atoms with van der Waals surface area (Å²) in [5.74, 6) is 1.12. The molecule has 0 radical (unpaired) electrons. The molecule has 30 heavy (non-hydrogen) atoms. The highest BCUT2D eigenvalue weighted by molar-refractivity contribution is 5.75. The Labute approximate surface area is 178 Å². The molecule has 0 unspecified atom stereocenters. The van der Waals surface area contributed by atoms with Crippen LogP contribution in [0.2, 0.25) is 0 Å². The molecule has 3 aliphatic heterocycles. The van der Waals surface area contributed by atoms with Crippen LogP contribution in [0.5, 0.6) is 0 Å². The third-order valence-corrected chi connectivity index (χ3v) is 6.57. The first kappa shape index (κ1) is 22.3. The summed E-state index contributed by atoms with van der Waals surface area (Å²) in [4.78, 5) is 27.3. The first-order chi connectivity index (χ1) is 14.5. The highest BCUT2D eigenvalue weighted by Gasteiger charge is 2.62.